The number of methoxy groups -OCH3 is 1. The van der Waals surface area contributed by atoms with Gasteiger partial charge >= 0.3 is 0 Å². The first-order valence-electron chi connectivity index (χ1n) is 6.01. The highest BCUT2D eigenvalue weighted by Gasteiger charge is 2.39. The third kappa shape index (κ3) is 2.71. The molecule has 0 aromatic rings. The summed E-state index contributed by atoms with van der Waals surface area (Å²) in [6.45, 7) is 5.70. The number of ether oxygens (including phenoxy) is 2. The van der Waals surface area contributed by atoms with Gasteiger partial charge in [-0.2, -0.15) is 0 Å². The van der Waals surface area contributed by atoms with Crippen LogP contribution in [0.5, 0.6) is 0 Å². The molecule has 0 radical (unpaired) electrons. The van der Waals surface area contributed by atoms with Gasteiger partial charge in [-0.05, 0) is 31.6 Å². The van der Waals surface area contributed by atoms with Crippen molar-refractivity contribution in [2.24, 2.45) is 5.92 Å². The molecule has 1 fully saturated rings. The molecule has 1 atom stereocenters. The number of hydrogen-bond donors (Lipinski definition) is 1. The molecule has 1 rings (SSSR count). The number of aliphatic hydroxyl groups is 1. The maximum absolute atomic E-state index is 10.4. The van der Waals surface area contributed by atoms with Crippen LogP contribution >= 0.6 is 0 Å². The monoisotopic (exact) mass is 216 g/mol. The van der Waals surface area contributed by atoms with Gasteiger partial charge in [0.2, 0.25) is 0 Å². The summed E-state index contributed by atoms with van der Waals surface area (Å²) in [5.74, 6) is 0.332. The van der Waals surface area contributed by atoms with E-state index >= 15 is 0 Å². The molecule has 0 aromatic heterocycles. The number of rotatable bonds is 5. The fourth-order valence-electron chi connectivity index (χ4n) is 2.54. The SMILES string of the molecule is CCC(CC)(OC)C(O)C1CCOCC1. The van der Waals surface area contributed by atoms with Gasteiger partial charge in [0.15, 0.2) is 0 Å². The third-order valence-corrected chi connectivity index (χ3v) is 3.85. The second-order valence-corrected chi connectivity index (χ2v) is 4.37. The summed E-state index contributed by atoms with van der Waals surface area (Å²) in [4.78, 5) is 0. The van der Waals surface area contributed by atoms with Crippen molar-refractivity contribution >= 4 is 0 Å². The average molecular weight is 216 g/mol. The first-order valence-corrected chi connectivity index (χ1v) is 6.01. The minimum Gasteiger partial charge on any atom is -0.390 e. The number of aliphatic hydroxyl groups excluding tert-OH is 1. The van der Waals surface area contributed by atoms with Gasteiger partial charge in [-0.25, -0.2) is 0 Å². The lowest BCUT2D eigenvalue weighted by Crippen LogP contribution is -2.48. The zero-order valence-corrected chi connectivity index (χ0v) is 10.2. The molecule has 1 unspecified atom stereocenters. The molecule has 1 heterocycles. The quantitative estimate of drug-likeness (QED) is 0.763. The Morgan fingerprint density at radius 2 is 1.87 bits per heavy atom. The molecule has 1 N–H and O–H groups in total. The summed E-state index contributed by atoms with van der Waals surface area (Å²) in [5.41, 5.74) is -0.359. The predicted molar refractivity (Wildman–Crippen MR) is 59.9 cm³/mol. The highest BCUT2D eigenvalue weighted by Crippen LogP contribution is 2.32. The Hall–Kier alpha value is -0.120. The van der Waals surface area contributed by atoms with Crippen LogP contribution in [0.25, 0.3) is 0 Å². The first-order chi connectivity index (χ1) is 7.20. The molecular formula is C12H24O3. The van der Waals surface area contributed by atoms with Crippen LogP contribution in [-0.4, -0.2) is 37.1 Å². The highest BCUT2D eigenvalue weighted by atomic mass is 16.5. The van der Waals surface area contributed by atoms with Gasteiger partial charge in [0.05, 0.1) is 11.7 Å². The Balaban J connectivity index is 2.65. The molecule has 1 aliphatic heterocycles. The zero-order valence-electron chi connectivity index (χ0n) is 10.2. The van der Waals surface area contributed by atoms with Crippen LogP contribution < -0.4 is 0 Å². The average Bonchev–Trinajstić information content (AvgIpc) is 2.33. The molecule has 0 amide bonds. The van der Waals surface area contributed by atoms with Crippen LogP contribution in [-0.2, 0) is 9.47 Å². The van der Waals surface area contributed by atoms with Crippen molar-refractivity contribution < 1.29 is 14.6 Å². The van der Waals surface area contributed by atoms with E-state index in [9.17, 15) is 5.11 Å². The fraction of sp³-hybridized carbons (Fsp3) is 1.00. The van der Waals surface area contributed by atoms with Crippen molar-refractivity contribution in [1.29, 1.82) is 0 Å². The van der Waals surface area contributed by atoms with E-state index in [4.69, 9.17) is 9.47 Å². The van der Waals surface area contributed by atoms with E-state index in [1.165, 1.54) is 0 Å². The van der Waals surface area contributed by atoms with Gasteiger partial charge in [0.25, 0.3) is 0 Å². The third-order valence-electron chi connectivity index (χ3n) is 3.85. The summed E-state index contributed by atoms with van der Waals surface area (Å²) in [6, 6.07) is 0. The van der Waals surface area contributed by atoms with E-state index < -0.39 is 0 Å². The maximum Gasteiger partial charge on any atom is 0.0933 e. The van der Waals surface area contributed by atoms with Crippen molar-refractivity contribution in [2.45, 2.75) is 51.2 Å². The molecule has 0 bridgehead atoms. The van der Waals surface area contributed by atoms with E-state index in [-0.39, 0.29) is 11.7 Å². The summed E-state index contributed by atoms with van der Waals surface area (Å²) in [5, 5.41) is 10.4. The lowest BCUT2D eigenvalue weighted by Gasteiger charge is -2.40. The second-order valence-electron chi connectivity index (χ2n) is 4.37. The van der Waals surface area contributed by atoms with Gasteiger partial charge in [-0.3, -0.25) is 0 Å². The smallest absolute Gasteiger partial charge is 0.0933 e. The number of hydrogen-bond acceptors (Lipinski definition) is 3. The van der Waals surface area contributed by atoms with Crippen LogP contribution in [0, 0.1) is 5.92 Å². The molecule has 1 aliphatic rings. The standard InChI is InChI=1S/C12H24O3/c1-4-12(5-2,14-3)11(13)10-6-8-15-9-7-10/h10-11,13H,4-9H2,1-3H3. The van der Waals surface area contributed by atoms with E-state index in [2.05, 4.69) is 13.8 Å². The molecular weight excluding hydrogens is 192 g/mol. The lowest BCUT2D eigenvalue weighted by molar-refractivity contribution is -0.141. The van der Waals surface area contributed by atoms with E-state index in [1.54, 1.807) is 7.11 Å². The minimum absolute atomic E-state index is 0.332. The molecule has 0 spiro atoms. The van der Waals surface area contributed by atoms with Crippen LogP contribution in [0.1, 0.15) is 39.5 Å². The van der Waals surface area contributed by atoms with Crippen molar-refractivity contribution in [2.75, 3.05) is 20.3 Å². The zero-order chi connectivity index (χ0) is 11.3. The molecule has 1 saturated heterocycles. The van der Waals surface area contributed by atoms with Gasteiger partial charge in [-0.1, -0.05) is 13.8 Å². The predicted octanol–water partition coefficient (Wildman–Crippen LogP) is 1.98. The lowest BCUT2D eigenvalue weighted by atomic mass is 9.79. The van der Waals surface area contributed by atoms with Crippen molar-refractivity contribution in [3.05, 3.63) is 0 Å². The largest absolute Gasteiger partial charge is 0.390 e. The molecule has 0 aliphatic carbocycles. The Morgan fingerprint density at radius 1 is 1.33 bits per heavy atom. The molecule has 3 nitrogen and oxygen atoms in total. The Kier molecular flexibility index (Phi) is 5.03. The van der Waals surface area contributed by atoms with Crippen molar-refractivity contribution in [1.82, 2.24) is 0 Å². The molecule has 90 valence electrons. The summed E-state index contributed by atoms with van der Waals surface area (Å²) < 4.78 is 10.9. The molecule has 0 saturated carbocycles. The Bertz CT molecular complexity index is 163. The molecule has 0 aromatic carbocycles. The van der Waals surface area contributed by atoms with E-state index in [0.29, 0.717) is 5.92 Å². The topological polar surface area (TPSA) is 38.7 Å². The normalized spacial score (nSPS) is 21.6. The second kappa shape index (κ2) is 5.83. The highest BCUT2D eigenvalue weighted by molar-refractivity contribution is 4.90. The van der Waals surface area contributed by atoms with E-state index in [1.807, 2.05) is 0 Å². The van der Waals surface area contributed by atoms with Crippen LogP contribution in [0.2, 0.25) is 0 Å². The first kappa shape index (κ1) is 12.9. The van der Waals surface area contributed by atoms with Crippen LogP contribution in [0.4, 0.5) is 0 Å². The van der Waals surface area contributed by atoms with Crippen LogP contribution in [0.15, 0.2) is 0 Å². The molecule has 15 heavy (non-hydrogen) atoms. The van der Waals surface area contributed by atoms with Gasteiger partial charge in [0.1, 0.15) is 0 Å². The molecule has 3 heteroatoms. The van der Waals surface area contributed by atoms with Crippen molar-refractivity contribution in [3.8, 4) is 0 Å². The summed E-state index contributed by atoms with van der Waals surface area (Å²) >= 11 is 0. The van der Waals surface area contributed by atoms with Crippen molar-refractivity contribution in [3.63, 3.8) is 0 Å². The maximum atomic E-state index is 10.4. The minimum atomic E-state index is -0.360. The Morgan fingerprint density at radius 3 is 2.27 bits per heavy atom. The van der Waals surface area contributed by atoms with Gasteiger partial charge in [0, 0.05) is 20.3 Å². The van der Waals surface area contributed by atoms with E-state index in [0.717, 1.165) is 38.9 Å². The Labute approximate surface area is 92.8 Å². The van der Waals surface area contributed by atoms with Gasteiger partial charge in [-0.15, -0.1) is 0 Å². The summed E-state index contributed by atoms with van der Waals surface area (Å²) in [7, 11) is 1.70. The fourth-order valence-corrected chi connectivity index (χ4v) is 2.54. The van der Waals surface area contributed by atoms with Gasteiger partial charge < -0.3 is 14.6 Å². The summed E-state index contributed by atoms with van der Waals surface area (Å²) in [6.07, 6.45) is 3.26. The van der Waals surface area contributed by atoms with Crippen LogP contribution in [0.3, 0.4) is 0 Å².